The summed E-state index contributed by atoms with van der Waals surface area (Å²) in [6, 6.07) is -0.367. The molecular formula is C7H15N5O. The number of hydrogen-bond donors (Lipinski definition) is 3. The van der Waals surface area contributed by atoms with Crippen molar-refractivity contribution in [1.82, 2.24) is 5.32 Å². The van der Waals surface area contributed by atoms with Gasteiger partial charge in [0.1, 0.15) is 5.84 Å². The molecule has 0 aliphatic rings. The van der Waals surface area contributed by atoms with Gasteiger partial charge in [0.05, 0.1) is 6.04 Å². The number of nitrogens with one attached hydrogen (secondary N) is 2. The lowest BCUT2D eigenvalue weighted by molar-refractivity contribution is -0.121. The van der Waals surface area contributed by atoms with Gasteiger partial charge in [-0.3, -0.25) is 4.79 Å². The van der Waals surface area contributed by atoms with E-state index in [1.807, 2.05) is 6.92 Å². The van der Waals surface area contributed by atoms with Gasteiger partial charge < -0.3 is 11.1 Å². The van der Waals surface area contributed by atoms with Gasteiger partial charge in [-0.25, -0.2) is 0 Å². The number of carbonyl (C=O) groups is 1. The van der Waals surface area contributed by atoms with Crippen LogP contribution < -0.4 is 11.1 Å². The molecule has 74 valence electrons. The van der Waals surface area contributed by atoms with Crippen molar-refractivity contribution in [3.63, 3.8) is 0 Å². The number of carbonyl (C=O) groups excluding carboxylic acids is 1. The monoisotopic (exact) mass is 185 g/mol. The van der Waals surface area contributed by atoms with Gasteiger partial charge in [-0.1, -0.05) is 12.1 Å². The molecule has 6 heteroatoms. The second kappa shape index (κ2) is 6.10. The van der Waals surface area contributed by atoms with Gasteiger partial charge >= 0.3 is 0 Å². The van der Waals surface area contributed by atoms with Gasteiger partial charge in [0.2, 0.25) is 5.91 Å². The molecule has 13 heavy (non-hydrogen) atoms. The average Bonchev–Trinajstić information content (AvgIpc) is 2.05. The van der Waals surface area contributed by atoms with E-state index in [-0.39, 0.29) is 17.8 Å². The van der Waals surface area contributed by atoms with Gasteiger partial charge in [0.25, 0.3) is 0 Å². The van der Waals surface area contributed by atoms with Crippen LogP contribution in [0, 0.1) is 5.53 Å². The van der Waals surface area contributed by atoms with Crippen LogP contribution in [0.1, 0.15) is 26.7 Å². The topological polar surface area (TPSA) is 104 Å². The summed E-state index contributed by atoms with van der Waals surface area (Å²) in [7, 11) is 0. The van der Waals surface area contributed by atoms with Crippen LogP contribution in [0.25, 0.3) is 0 Å². The van der Waals surface area contributed by atoms with Gasteiger partial charge in [0.15, 0.2) is 0 Å². The number of nitrogens with two attached hydrogens (primary N) is 1. The molecule has 0 saturated carbocycles. The molecule has 1 atom stereocenters. The summed E-state index contributed by atoms with van der Waals surface area (Å²) in [5, 5.41) is 8.71. The molecular weight excluding hydrogens is 170 g/mol. The zero-order chi connectivity index (χ0) is 10.3. The Labute approximate surface area is 77.1 Å². The van der Waals surface area contributed by atoms with Crippen LogP contribution in [0.3, 0.4) is 0 Å². The Balaban J connectivity index is 3.99. The highest BCUT2D eigenvalue weighted by Gasteiger charge is 2.09. The molecule has 0 heterocycles. The van der Waals surface area contributed by atoms with Crippen molar-refractivity contribution in [3.8, 4) is 0 Å². The predicted molar refractivity (Wildman–Crippen MR) is 49.3 cm³/mol. The zero-order valence-corrected chi connectivity index (χ0v) is 7.87. The van der Waals surface area contributed by atoms with Gasteiger partial charge in [-0.2, -0.15) is 5.53 Å². The Hall–Kier alpha value is -1.46. The summed E-state index contributed by atoms with van der Waals surface area (Å²) in [6.45, 7) is 3.61. The van der Waals surface area contributed by atoms with Crippen molar-refractivity contribution in [2.75, 3.05) is 0 Å². The smallest absolute Gasteiger partial charge is 0.220 e. The molecule has 0 radical (unpaired) electrons. The third kappa shape index (κ3) is 4.89. The average molecular weight is 185 g/mol. The molecule has 6 nitrogen and oxygen atoms in total. The lowest BCUT2D eigenvalue weighted by atomic mass is 10.2. The normalized spacial score (nSPS) is 13.5. The van der Waals surface area contributed by atoms with E-state index in [4.69, 9.17) is 11.3 Å². The first kappa shape index (κ1) is 11.5. The van der Waals surface area contributed by atoms with Crippen LogP contribution in [-0.4, -0.2) is 17.8 Å². The minimum Gasteiger partial charge on any atom is -0.384 e. The molecule has 0 aromatic carbocycles. The minimum atomic E-state index is -0.367. The molecule has 0 bridgehead atoms. The van der Waals surface area contributed by atoms with E-state index in [1.165, 1.54) is 0 Å². The Bertz CT molecular complexity index is 213. The van der Waals surface area contributed by atoms with E-state index in [1.54, 1.807) is 6.92 Å². The highest BCUT2D eigenvalue weighted by molar-refractivity contribution is 5.89. The maximum Gasteiger partial charge on any atom is 0.220 e. The molecule has 4 N–H and O–H groups in total. The van der Waals surface area contributed by atoms with Crippen molar-refractivity contribution < 1.29 is 4.79 Å². The van der Waals surface area contributed by atoms with Gasteiger partial charge in [-0.15, -0.1) is 5.10 Å². The van der Waals surface area contributed by atoms with Crippen molar-refractivity contribution in [2.45, 2.75) is 32.7 Å². The summed E-state index contributed by atoms with van der Waals surface area (Å²) in [5.74, 6) is 0.0672. The number of rotatable bonds is 5. The number of amidine groups is 1. The third-order valence-electron chi connectivity index (χ3n) is 1.46. The highest BCUT2D eigenvalue weighted by Crippen LogP contribution is 1.89. The maximum absolute atomic E-state index is 11.1. The van der Waals surface area contributed by atoms with E-state index < -0.39 is 0 Å². The molecule has 1 amide bonds. The fourth-order valence-electron chi connectivity index (χ4n) is 0.759. The Morgan fingerprint density at radius 3 is 2.77 bits per heavy atom. The predicted octanol–water partition coefficient (Wildman–Crippen LogP) is 0.594. The summed E-state index contributed by atoms with van der Waals surface area (Å²) in [4.78, 5) is 11.1. The van der Waals surface area contributed by atoms with Crippen molar-refractivity contribution in [2.24, 2.45) is 16.1 Å². The van der Waals surface area contributed by atoms with E-state index in [0.29, 0.717) is 6.42 Å². The highest BCUT2D eigenvalue weighted by atomic mass is 16.1. The SMILES string of the molecule is CCCC(=O)NC(C)C(N)=NN=N. The van der Waals surface area contributed by atoms with Crippen LogP contribution in [0.4, 0.5) is 0 Å². The summed E-state index contributed by atoms with van der Waals surface area (Å²) in [6.07, 6.45) is 1.26. The number of nitrogens with zero attached hydrogens (tertiary/aromatic N) is 2. The first-order valence-electron chi connectivity index (χ1n) is 4.11. The first-order chi connectivity index (χ1) is 6.11. The molecule has 0 spiro atoms. The Morgan fingerprint density at radius 2 is 2.31 bits per heavy atom. The summed E-state index contributed by atoms with van der Waals surface area (Å²) >= 11 is 0. The Kier molecular flexibility index (Phi) is 5.42. The minimum absolute atomic E-state index is 0.0712. The van der Waals surface area contributed by atoms with Crippen LogP contribution in [-0.2, 0) is 4.79 Å². The largest absolute Gasteiger partial charge is 0.384 e. The second-order valence-corrected chi connectivity index (χ2v) is 2.66. The van der Waals surface area contributed by atoms with Crippen molar-refractivity contribution in [1.29, 1.82) is 5.53 Å². The molecule has 1 unspecified atom stereocenters. The standard InChI is InChI=1S/C7H15N5O/c1-3-4-6(13)10-5(2)7(8)11-12-9/h5H,3-4H2,1-2H3,(H,10,13)(H3,8,9,11). The van der Waals surface area contributed by atoms with E-state index in [9.17, 15) is 4.79 Å². The summed E-state index contributed by atoms with van der Waals surface area (Å²) < 4.78 is 0. The molecule has 0 saturated heterocycles. The van der Waals surface area contributed by atoms with Crippen LogP contribution >= 0.6 is 0 Å². The fourth-order valence-corrected chi connectivity index (χ4v) is 0.759. The van der Waals surface area contributed by atoms with Crippen LogP contribution in [0.5, 0.6) is 0 Å². The number of amides is 1. The Morgan fingerprint density at radius 1 is 1.69 bits per heavy atom. The van der Waals surface area contributed by atoms with Crippen molar-refractivity contribution in [3.05, 3.63) is 0 Å². The molecule has 0 aromatic heterocycles. The zero-order valence-electron chi connectivity index (χ0n) is 7.87. The fraction of sp³-hybridized carbons (Fsp3) is 0.714. The van der Waals surface area contributed by atoms with Crippen LogP contribution in [0.2, 0.25) is 0 Å². The van der Waals surface area contributed by atoms with Gasteiger partial charge in [0, 0.05) is 6.42 Å². The van der Waals surface area contributed by atoms with Crippen molar-refractivity contribution >= 4 is 11.7 Å². The summed E-state index contributed by atoms with van der Waals surface area (Å²) in [5.41, 5.74) is 11.8. The van der Waals surface area contributed by atoms with E-state index in [0.717, 1.165) is 6.42 Å². The lowest BCUT2D eigenvalue weighted by Crippen LogP contribution is -2.42. The lowest BCUT2D eigenvalue weighted by Gasteiger charge is -2.11. The van der Waals surface area contributed by atoms with Crippen LogP contribution in [0.15, 0.2) is 10.3 Å². The second-order valence-electron chi connectivity index (χ2n) is 2.66. The molecule has 0 aliphatic heterocycles. The quantitative estimate of drug-likeness (QED) is 0.252. The number of hydrogen-bond acceptors (Lipinski definition) is 3. The molecule has 0 aliphatic carbocycles. The van der Waals surface area contributed by atoms with E-state index >= 15 is 0 Å². The molecule has 0 aromatic rings. The maximum atomic E-state index is 11.1. The van der Waals surface area contributed by atoms with Gasteiger partial charge in [-0.05, 0) is 13.3 Å². The third-order valence-corrected chi connectivity index (χ3v) is 1.46. The molecule has 0 rings (SSSR count). The van der Waals surface area contributed by atoms with E-state index in [2.05, 4.69) is 15.6 Å². The molecule has 0 fully saturated rings. The first-order valence-corrected chi connectivity index (χ1v) is 4.11.